The summed E-state index contributed by atoms with van der Waals surface area (Å²) in [7, 11) is 0. The lowest BCUT2D eigenvalue weighted by Gasteiger charge is -2.24. The number of rotatable bonds is 5. The predicted molar refractivity (Wildman–Crippen MR) is 59.3 cm³/mol. The summed E-state index contributed by atoms with van der Waals surface area (Å²) >= 11 is 0. The molecule has 1 aliphatic rings. The first-order chi connectivity index (χ1) is 7.53. The molecule has 1 nitrogen and oxygen atoms in total. The molecule has 1 aliphatic carbocycles. The van der Waals surface area contributed by atoms with Crippen LogP contribution < -0.4 is 5.32 Å². The van der Waals surface area contributed by atoms with E-state index in [1.165, 1.54) is 12.0 Å². The predicted octanol–water partition coefficient (Wildman–Crippen LogP) is 3.81. The van der Waals surface area contributed by atoms with Crippen LogP contribution in [0.3, 0.4) is 0 Å². The Labute approximate surface area is 95.1 Å². The minimum absolute atomic E-state index is 0.0769. The summed E-state index contributed by atoms with van der Waals surface area (Å²) < 4.78 is 36.5. The van der Waals surface area contributed by atoms with Gasteiger partial charge in [-0.2, -0.15) is 13.2 Å². The van der Waals surface area contributed by atoms with Crippen molar-refractivity contribution in [2.24, 2.45) is 0 Å². The maximum atomic E-state index is 12.2. The Balaban J connectivity index is 2.49. The molecule has 0 aliphatic heterocycles. The van der Waals surface area contributed by atoms with Gasteiger partial charge in [0.1, 0.15) is 0 Å². The van der Waals surface area contributed by atoms with Crippen molar-refractivity contribution < 1.29 is 13.2 Å². The highest BCUT2D eigenvalue weighted by Crippen LogP contribution is 2.27. The van der Waals surface area contributed by atoms with Gasteiger partial charge in [0.2, 0.25) is 0 Å². The Morgan fingerprint density at radius 3 is 2.62 bits per heavy atom. The Kier molecular flexibility index (Phi) is 5.32. The molecule has 1 rings (SSSR count). The van der Waals surface area contributed by atoms with Crippen LogP contribution in [0.15, 0.2) is 11.6 Å². The molecule has 0 amide bonds. The maximum Gasteiger partial charge on any atom is 0.389 e. The van der Waals surface area contributed by atoms with Gasteiger partial charge in [0, 0.05) is 12.5 Å². The fraction of sp³-hybridized carbons (Fsp3) is 0.833. The topological polar surface area (TPSA) is 12.0 Å². The normalized spacial score (nSPS) is 19.4. The summed E-state index contributed by atoms with van der Waals surface area (Å²) in [6.07, 6.45) is 1.81. The van der Waals surface area contributed by atoms with Crippen LogP contribution in [0.5, 0.6) is 0 Å². The highest BCUT2D eigenvalue weighted by molar-refractivity contribution is 5.13. The molecule has 1 N–H and O–H groups in total. The molecule has 1 atom stereocenters. The molecule has 0 spiro atoms. The van der Waals surface area contributed by atoms with Crippen LogP contribution in [-0.2, 0) is 0 Å². The molecule has 0 aromatic heterocycles. The molecule has 94 valence electrons. The van der Waals surface area contributed by atoms with Gasteiger partial charge in [0.15, 0.2) is 0 Å². The van der Waals surface area contributed by atoms with Crippen LogP contribution in [0.4, 0.5) is 13.2 Å². The lowest BCUT2D eigenvalue weighted by atomic mass is 9.91. The van der Waals surface area contributed by atoms with Gasteiger partial charge < -0.3 is 5.32 Å². The average Bonchev–Trinajstić information content (AvgIpc) is 2.24. The molecule has 0 aromatic carbocycles. The highest BCUT2D eigenvalue weighted by Gasteiger charge is 2.29. The molecule has 4 heteroatoms. The smallest absolute Gasteiger partial charge is 0.311 e. The van der Waals surface area contributed by atoms with Crippen molar-refractivity contribution in [1.82, 2.24) is 5.32 Å². The lowest BCUT2D eigenvalue weighted by Crippen LogP contribution is -2.32. The Morgan fingerprint density at radius 1 is 1.38 bits per heavy atom. The van der Waals surface area contributed by atoms with Crippen molar-refractivity contribution in [3.8, 4) is 0 Å². The van der Waals surface area contributed by atoms with Crippen molar-refractivity contribution in [2.75, 3.05) is 6.54 Å². The molecular formula is C12H20F3N. The zero-order valence-corrected chi connectivity index (χ0v) is 9.74. The summed E-state index contributed by atoms with van der Waals surface area (Å²) in [6.45, 7) is 2.66. The summed E-state index contributed by atoms with van der Waals surface area (Å²) in [5.41, 5.74) is 1.18. The van der Waals surface area contributed by atoms with E-state index in [-0.39, 0.29) is 12.5 Å². The number of hydrogen-bond donors (Lipinski definition) is 1. The van der Waals surface area contributed by atoms with Crippen LogP contribution in [0.1, 0.15) is 45.4 Å². The fourth-order valence-corrected chi connectivity index (χ4v) is 2.15. The number of hydrogen-bond acceptors (Lipinski definition) is 1. The molecule has 1 unspecified atom stereocenters. The SMILES string of the molecule is CCNC(CCC(F)(F)F)C1=CCCCC1. The number of alkyl halides is 3. The zero-order valence-electron chi connectivity index (χ0n) is 9.74. The minimum atomic E-state index is -4.04. The number of allylic oxidation sites excluding steroid dienone is 1. The van der Waals surface area contributed by atoms with Crippen molar-refractivity contribution in [2.45, 2.75) is 57.7 Å². The zero-order chi connectivity index (χ0) is 12.0. The Morgan fingerprint density at radius 2 is 2.12 bits per heavy atom. The van der Waals surface area contributed by atoms with Gasteiger partial charge in [-0.1, -0.05) is 18.6 Å². The average molecular weight is 235 g/mol. The van der Waals surface area contributed by atoms with Gasteiger partial charge in [-0.05, 0) is 38.6 Å². The first-order valence-electron chi connectivity index (χ1n) is 6.02. The fourth-order valence-electron chi connectivity index (χ4n) is 2.15. The van der Waals surface area contributed by atoms with E-state index in [1.54, 1.807) is 0 Å². The second-order valence-electron chi connectivity index (χ2n) is 4.29. The Hall–Kier alpha value is -0.510. The molecule has 0 aromatic rings. The van der Waals surface area contributed by atoms with Gasteiger partial charge in [0.25, 0.3) is 0 Å². The van der Waals surface area contributed by atoms with E-state index in [9.17, 15) is 13.2 Å². The molecule has 0 bridgehead atoms. The van der Waals surface area contributed by atoms with Crippen molar-refractivity contribution in [1.29, 1.82) is 0 Å². The van der Waals surface area contributed by atoms with Crippen LogP contribution in [0.25, 0.3) is 0 Å². The van der Waals surface area contributed by atoms with Gasteiger partial charge in [-0.3, -0.25) is 0 Å². The van der Waals surface area contributed by atoms with Crippen molar-refractivity contribution >= 4 is 0 Å². The van der Waals surface area contributed by atoms with Crippen molar-refractivity contribution in [3.63, 3.8) is 0 Å². The number of likely N-dealkylation sites (N-methyl/N-ethyl adjacent to an activating group) is 1. The molecule has 0 fully saturated rings. The van der Waals surface area contributed by atoms with Gasteiger partial charge in [0.05, 0.1) is 0 Å². The molecule has 16 heavy (non-hydrogen) atoms. The van der Waals surface area contributed by atoms with E-state index in [1.807, 2.05) is 6.92 Å². The van der Waals surface area contributed by atoms with Crippen LogP contribution in [-0.4, -0.2) is 18.8 Å². The summed E-state index contributed by atoms with van der Waals surface area (Å²) in [5.74, 6) is 0. The summed E-state index contributed by atoms with van der Waals surface area (Å²) in [5, 5.41) is 3.16. The standard InChI is InChI=1S/C12H20F3N/c1-2-16-11(8-9-12(13,14)15)10-6-4-3-5-7-10/h6,11,16H,2-5,7-9H2,1H3. The Bertz CT molecular complexity index is 233. The van der Waals surface area contributed by atoms with Crippen LogP contribution in [0.2, 0.25) is 0 Å². The molecule has 0 radical (unpaired) electrons. The van der Waals surface area contributed by atoms with E-state index < -0.39 is 12.6 Å². The summed E-state index contributed by atoms with van der Waals surface area (Å²) in [6, 6.07) is -0.0769. The third-order valence-electron chi connectivity index (χ3n) is 2.94. The molecule has 0 saturated heterocycles. The minimum Gasteiger partial charge on any atom is -0.311 e. The van der Waals surface area contributed by atoms with Gasteiger partial charge in [-0.15, -0.1) is 0 Å². The number of nitrogens with one attached hydrogen (secondary N) is 1. The third kappa shape index (κ3) is 5.01. The van der Waals surface area contributed by atoms with E-state index >= 15 is 0 Å². The van der Waals surface area contributed by atoms with Gasteiger partial charge in [-0.25, -0.2) is 0 Å². The van der Waals surface area contributed by atoms with E-state index in [4.69, 9.17) is 0 Å². The highest BCUT2D eigenvalue weighted by atomic mass is 19.4. The van der Waals surface area contributed by atoms with E-state index in [0.29, 0.717) is 0 Å². The third-order valence-corrected chi connectivity index (χ3v) is 2.94. The van der Waals surface area contributed by atoms with E-state index in [2.05, 4.69) is 11.4 Å². The van der Waals surface area contributed by atoms with Crippen LogP contribution >= 0.6 is 0 Å². The van der Waals surface area contributed by atoms with Crippen molar-refractivity contribution in [3.05, 3.63) is 11.6 Å². The first-order valence-corrected chi connectivity index (χ1v) is 6.02. The van der Waals surface area contributed by atoms with Crippen LogP contribution in [0, 0.1) is 0 Å². The molecule has 0 saturated carbocycles. The maximum absolute atomic E-state index is 12.2. The number of halogens is 3. The lowest BCUT2D eigenvalue weighted by molar-refractivity contribution is -0.136. The van der Waals surface area contributed by atoms with E-state index in [0.717, 1.165) is 25.8 Å². The molecule has 0 heterocycles. The second kappa shape index (κ2) is 6.28. The quantitative estimate of drug-likeness (QED) is 0.714. The second-order valence-corrected chi connectivity index (χ2v) is 4.29. The van der Waals surface area contributed by atoms with Gasteiger partial charge >= 0.3 is 6.18 Å². The summed E-state index contributed by atoms with van der Waals surface area (Å²) in [4.78, 5) is 0. The monoisotopic (exact) mass is 235 g/mol. The largest absolute Gasteiger partial charge is 0.389 e. The molecular weight excluding hydrogens is 215 g/mol. The first kappa shape index (κ1) is 13.6.